The molecule has 0 aliphatic carbocycles. The predicted molar refractivity (Wildman–Crippen MR) is 105 cm³/mol. The van der Waals surface area contributed by atoms with Gasteiger partial charge in [-0.05, 0) is 35.0 Å². The smallest absolute Gasteiger partial charge is 0.181 e. The number of hydrogen-bond donors (Lipinski definition) is 1. The Labute approximate surface area is 153 Å². The molecule has 1 heterocycles. The van der Waals surface area contributed by atoms with E-state index in [2.05, 4.69) is 47.4 Å². The fourth-order valence-corrected chi connectivity index (χ4v) is 4.74. The van der Waals surface area contributed by atoms with E-state index in [0.717, 1.165) is 15.5 Å². The van der Waals surface area contributed by atoms with Gasteiger partial charge in [0, 0.05) is 15.5 Å². The fraction of sp³-hybridized carbons (Fsp3) is 0. The van der Waals surface area contributed by atoms with Gasteiger partial charge in [0.15, 0.2) is 5.13 Å². The lowest BCUT2D eigenvalue weighted by Gasteiger charge is -2.04. The lowest BCUT2D eigenvalue weighted by atomic mass is 10.1. The zero-order valence-corrected chi connectivity index (χ0v) is 15.0. The van der Waals surface area contributed by atoms with Crippen LogP contribution in [0.5, 0.6) is 0 Å². The molecule has 0 unspecified atom stereocenters. The molecular weight excluding hydrogens is 356 g/mol. The van der Waals surface area contributed by atoms with Crippen LogP contribution in [-0.4, -0.2) is 4.98 Å². The second-order valence-corrected chi connectivity index (χ2v) is 8.12. The average Bonchev–Trinajstić information content (AvgIpc) is 2.96. The van der Waals surface area contributed by atoms with Crippen molar-refractivity contribution in [2.24, 2.45) is 0 Å². The van der Waals surface area contributed by atoms with Gasteiger partial charge in [-0.1, -0.05) is 77.2 Å². The van der Waals surface area contributed by atoms with Crippen molar-refractivity contribution in [2.45, 2.75) is 9.10 Å². The largest absolute Gasteiger partial charge is 0.375 e. The first kappa shape index (κ1) is 15.5. The van der Waals surface area contributed by atoms with E-state index in [1.165, 1.54) is 27.0 Å². The molecule has 0 aliphatic rings. The Balaban J connectivity index is 1.72. The highest BCUT2D eigenvalue weighted by Gasteiger charge is 2.13. The third-order valence-electron chi connectivity index (χ3n) is 3.66. The summed E-state index contributed by atoms with van der Waals surface area (Å²) in [4.78, 5) is 5.68. The number of nitrogen functional groups attached to an aromatic ring is 1. The Hall–Kier alpha value is -2.01. The molecule has 4 aromatic rings. The molecule has 0 saturated carbocycles. The number of nitrogens with two attached hydrogens (primary N) is 1. The van der Waals surface area contributed by atoms with Gasteiger partial charge in [-0.15, -0.1) is 0 Å². The summed E-state index contributed by atoms with van der Waals surface area (Å²) in [5, 5.41) is 3.76. The number of halogens is 1. The van der Waals surface area contributed by atoms with Gasteiger partial charge in [-0.25, -0.2) is 4.98 Å². The van der Waals surface area contributed by atoms with E-state index < -0.39 is 0 Å². The topological polar surface area (TPSA) is 38.9 Å². The number of hydrogen-bond acceptors (Lipinski definition) is 4. The maximum absolute atomic E-state index is 5.98. The Morgan fingerprint density at radius 3 is 2.46 bits per heavy atom. The first-order valence-corrected chi connectivity index (χ1v) is 9.39. The first-order chi connectivity index (χ1) is 11.7. The summed E-state index contributed by atoms with van der Waals surface area (Å²) >= 11 is 9.18. The van der Waals surface area contributed by atoms with Crippen LogP contribution in [0.1, 0.15) is 0 Å². The summed E-state index contributed by atoms with van der Waals surface area (Å²) in [6.07, 6.45) is 0. The number of benzene rings is 3. The molecule has 0 spiro atoms. The van der Waals surface area contributed by atoms with Crippen molar-refractivity contribution in [3.8, 4) is 11.3 Å². The van der Waals surface area contributed by atoms with Crippen LogP contribution in [0, 0.1) is 0 Å². The van der Waals surface area contributed by atoms with Crippen molar-refractivity contribution in [1.29, 1.82) is 0 Å². The summed E-state index contributed by atoms with van der Waals surface area (Å²) in [7, 11) is 0. The zero-order chi connectivity index (χ0) is 16.5. The molecule has 0 radical (unpaired) electrons. The molecule has 3 aromatic carbocycles. The Morgan fingerprint density at radius 2 is 1.67 bits per heavy atom. The van der Waals surface area contributed by atoms with Crippen LogP contribution < -0.4 is 5.73 Å². The molecule has 2 nitrogen and oxygen atoms in total. The number of aromatic nitrogens is 1. The maximum atomic E-state index is 5.98. The fourth-order valence-electron chi connectivity index (χ4n) is 2.52. The van der Waals surface area contributed by atoms with Crippen molar-refractivity contribution in [3.05, 3.63) is 71.8 Å². The number of rotatable bonds is 3. The second kappa shape index (κ2) is 6.48. The van der Waals surface area contributed by atoms with Gasteiger partial charge >= 0.3 is 0 Å². The minimum Gasteiger partial charge on any atom is -0.375 e. The summed E-state index contributed by atoms with van der Waals surface area (Å²) in [5.41, 5.74) is 7.89. The van der Waals surface area contributed by atoms with Crippen molar-refractivity contribution < 1.29 is 0 Å². The van der Waals surface area contributed by atoms with Gasteiger partial charge in [0.25, 0.3) is 0 Å². The highest BCUT2D eigenvalue weighted by molar-refractivity contribution is 8.01. The molecule has 0 amide bonds. The van der Waals surface area contributed by atoms with Crippen LogP contribution in [0.3, 0.4) is 0 Å². The van der Waals surface area contributed by atoms with Gasteiger partial charge < -0.3 is 5.73 Å². The minimum atomic E-state index is 0.572. The van der Waals surface area contributed by atoms with Crippen molar-refractivity contribution in [2.75, 3.05) is 5.73 Å². The quantitative estimate of drug-likeness (QED) is 0.458. The monoisotopic (exact) mass is 368 g/mol. The van der Waals surface area contributed by atoms with Gasteiger partial charge in [-0.2, -0.15) is 0 Å². The van der Waals surface area contributed by atoms with Gasteiger partial charge in [0.2, 0.25) is 0 Å². The molecule has 0 fully saturated rings. The standard InChI is InChI=1S/C19H13ClN2S2/c20-15-8-5-13(6-9-15)17-18(24-19(21)22-17)23-16-10-7-12-3-1-2-4-14(12)11-16/h1-11H,(H2,21,22). The molecule has 1 aromatic heterocycles. The Bertz CT molecular complexity index is 1010. The van der Waals surface area contributed by atoms with Crippen LogP contribution in [0.4, 0.5) is 5.13 Å². The summed E-state index contributed by atoms with van der Waals surface area (Å²) in [6.45, 7) is 0. The van der Waals surface area contributed by atoms with Gasteiger partial charge in [0.1, 0.15) is 0 Å². The Morgan fingerprint density at radius 1 is 0.917 bits per heavy atom. The molecule has 0 saturated heterocycles. The lowest BCUT2D eigenvalue weighted by molar-refractivity contribution is 1.36. The third-order valence-corrected chi connectivity index (χ3v) is 5.96. The van der Waals surface area contributed by atoms with Gasteiger partial charge in [0.05, 0.1) is 9.90 Å². The SMILES string of the molecule is Nc1nc(-c2ccc(Cl)cc2)c(Sc2ccc3ccccc3c2)s1. The third kappa shape index (κ3) is 3.13. The van der Waals surface area contributed by atoms with E-state index in [-0.39, 0.29) is 0 Å². The van der Waals surface area contributed by atoms with E-state index in [0.29, 0.717) is 10.2 Å². The molecule has 2 N–H and O–H groups in total. The first-order valence-electron chi connectivity index (χ1n) is 7.38. The average molecular weight is 369 g/mol. The van der Waals surface area contributed by atoms with Crippen LogP contribution in [0.25, 0.3) is 22.0 Å². The van der Waals surface area contributed by atoms with Crippen LogP contribution in [-0.2, 0) is 0 Å². The van der Waals surface area contributed by atoms with E-state index >= 15 is 0 Å². The highest BCUT2D eigenvalue weighted by atomic mass is 35.5. The van der Waals surface area contributed by atoms with E-state index in [1.54, 1.807) is 11.8 Å². The van der Waals surface area contributed by atoms with Crippen molar-refractivity contribution in [3.63, 3.8) is 0 Å². The summed E-state index contributed by atoms with van der Waals surface area (Å²) in [6, 6.07) is 22.5. The number of fused-ring (bicyclic) bond motifs is 1. The zero-order valence-electron chi connectivity index (χ0n) is 12.6. The molecule has 5 heteroatoms. The van der Waals surface area contributed by atoms with Crippen LogP contribution >= 0.6 is 34.7 Å². The Kier molecular flexibility index (Phi) is 4.19. The van der Waals surface area contributed by atoms with Crippen LogP contribution in [0.2, 0.25) is 5.02 Å². The van der Waals surface area contributed by atoms with Crippen molar-refractivity contribution >= 4 is 50.6 Å². The number of anilines is 1. The summed E-state index contributed by atoms with van der Waals surface area (Å²) in [5.74, 6) is 0. The van der Waals surface area contributed by atoms with E-state index in [1.807, 2.05) is 24.3 Å². The molecule has 118 valence electrons. The molecule has 0 bridgehead atoms. The van der Waals surface area contributed by atoms with Crippen LogP contribution in [0.15, 0.2) is 75.8 Å². The van der Waals surface area contributed by atoms with Gasteiger partial charge in [-0.3, -0.25) is 0 Å². The summed E-state index contributed by atoms with van der Waals surface area (Å²) < 4.78 is 1.09. The number of nitrogens with zero attached hydrogens (tertiary/aromatic N) is 1. The minimum absolute atomic E-state index is 0.572. The predicted octanol–water partition coefficient (Wildman–Crippen LogP) is 6.35. The lowest BCUT2D eigenvalue weighted by Crippen LogP contribution is -1.83. The second-order valence-electron chi connectivity index (χ2n) is 5.31. The highest BCUT2D eigenvalue weighted by Crippen LogP contribution is 2.41. The molecule has 4 rings (SSSR count). The van der Waals surface area contributed by atoms with E-state index in [9.17, 15) is 0 Å². The molecular formula is C19H13ClN2S2. The number of thiazole rings is 1. The maximum Gasteiger partial charge on any atom is 0.181 e. The normalized spacial score (nSPS) is 11.0. The van der Waals surface area contributed by atoms with Crippen molar-refractivity contribution in [1.82, 2.24) is 4.98 Å². The van der Waals surface area contributed by atoms with E-state index in [4.69, 9.17) is 17.3 Å². The molecule has 0 atom stereocenters. The molecule has 0 aliphatic heterocycles. The molecule has 24 heavy (non-hydrogen) atoms.